The van der Waals surface area contributed by atoms with Gasteiger partial charge in [0.2, 0.25) is 0 Å². The Bertz CT molecular complexity index is 428. The first kappa shape index (κ1) is 16.5. The lowest BCUT2D eigenvalue weighted by atomic mass is 9.93. The van der Waals surface area contributed by atoms with E-state index in [-0.39, 0.29) is 5.75 Å². The summed E-state index contributed by atoms with van der Waals surface area (Å²) in [5.41, 5.74) is 0.821. The van der Waals surface area contributed by atoms with Gasteiger partial charge in [0.1, 0.15) is 5.75 Å². The third-order valence-corrected chi connectivity index (χ3v) is 4.62. The van der Waals surface area contributed by atoms with Crippen LogP contribution < -0.4 is 4.74 Å². The van der Waals surface area contributed by atoms with Gasteiger partial charge in [-0.1, -0.05) is 12.1 Å². The Labute approximate surface area is 126 Å². The van der Waals surface area contributed by atoms with Crippen molar-refractivity contribution in [1.82, 2.24) is 0 Å². The van der Waals surface area contributed by atoms with E-state index in [0.717, 1.165) is 36.3 Å². The van der Waals surface area contributed by atoms with Crippen molar-refractivity contribution in [2.45, 2.75) is 38.1 Å². The zero-order chi connectivity index (χ0) is 15.3. The van der Waals surface area contributed by atoms with Gasteiger partial charge in [-0.2, -0.15) is 11.8 Å². The maximum atomic E-state index is 12.0. The SMILES string of the molecule is OC(Cc1ccc(OC(F)(F)F)cc1)CC1CCSCC1. The van der Waals surface area contributed by atoms with Crippen LogP contribution >= 0.6 is 11.8 Å². The highest BCUT2D eigenvalue weighted by Crippen LogP contribution is 2.27. The summed E-state index contributed by atoms with van der Waals surface area (Å²) < 4.78 is 40.0. The highest BCUT2D eigenvalue weighted by molar-refractivity contribution is 7.99. The van der Waals surface area contributed by atoms with Gasteiger partial charge in [0.25, 0.3) is 0 Å². The zero-order valence-electron chi connectivity index (χ0n) is 11.6. The Kier molecular flexibility index (Phi) is 5.81. The molecule has 1 aromatic carbocycles. The molecule has 2 nitrogen and oxygen atoms in total. The molecule has 6 heteroatoms. The molecule has 1 aliphatic heterocycles. The first-order valence-corrected chi connectivity index (χ1v) is 8.18. The molecule has 1 aromatic rings. The first-order chi connectivity index (χ1) is 9.92. The second kappa shape index (κ2) is 7.40. The van der Waals surface area contributed by atoms with Crippen molar-refractivity contribution in [3.05, 3.63) is 29.8 Å². The van der Waals surface area contributed by atoms with E-state index in [9.17, 15) is 18.3 Å². The largest absolute Gasteiger partial charge is 0.573 e. The van der Waals surface area contributed by atoms with Crippen molar-refractivity contribution < 1.29 is 23.0 Å². The summed E-state index contributed by atoms with van der Waals surface area (Å²) >= 11 is 1.95. The molecule has 0 bridgehead atoms. The molecule has 0 spiro atoms. The van der Waals surface area contributed by atoms with Crippen LogP contribution in [0.4, 0.5) is 13.2 Å². The van der Waals surface area contributed by atoms with Crippen LogP contribution in [0.5, 0.6) is 5.75 Å². The Morgan fingerprint density at radius 2 is 1.81 bits per heavy atom. The third-order valence-electron chi connectivity index (χ3n) is 3.57. The second-order valence-corrected chi connectivity index (χ2v) is 6.57. The van der Waals surface area contributed by atoms with Gasteiger partial charge in [0.05, 0.1) is 6.10 Å². The molecule has 118 valence electrons. The number of rotatable bonds is 5. The zero-order valence-corrected chi connectivity index (χ0v) is 12.4. The molecule has 1 saturated heterocycles. The first-order valence-electron chi connectivity index (χ1n) is 7.03. The van der Waals surface area contributed by atoms with Crippen LogP contribution in [0.2, 0.25) is 0 Å². The topological polar surface area (TPSA) is 29.5 Å². The normalized spacial score (nSPS) is 18.5. The molecule has 21 heavy (non-hydrogen) atoms. The number of hydrogen-bond acceptors (Lipinski definition) is 3. The van der Waals surface area contributed by atoms with Crippen LogP contribution in [-0.2, 0) is 6.42 Å². The van der Waals surface area contributed by atoms with Gasteiger partial charge in [-0.15, -0.1) is 13.2 Å². The predicted octanol–water partition coefficient (Wildman–Crippen LogP) is 4.02. The van der Waals surface area contributed by atoms with Crippen molar-refractivity contribution in [3.8, 4) is 5.75 Å². The third kappa shape index (κ3) is 6.18. The molecule has 1 aliphatic rings. The lowest BCUT2D eigenvalue weighted by Crippen LogP contribution is -2.19. The summed E-state index contributed by atoms with van der Waals surface area (Å²) in [6, 6.07) is 5.71. The molecule has 0 aliphatic carbocycles. The van der Waals surface area contributed by atoms with E-state index in [4.69, 9.17) is 0 Å². The smallest absolute Gasteiger partial charge is 0.406 e. The molecule has 0 amide bonds. The lowest BCUT2D eigenvalue weighted by Gasteiger charge is -2.23. The fourth-order valence-electron chi connectivity index (χ4n) is 2.55. The van der Waals surface area contributed by atoms with Crippen LogP contribution in [-0.4, -0.2) is 29.1 Å². The average Bonchev–Trinajstić information content (AvgIpc) is 2.40. The molecule has 1 N–H and O–H groups in total. The van der Waals surface area contributed by atoms with Gasteiger partial charge in [-0.3, -0.25) is 0 Å². The summed E-state index contributed by atoms with van der Waals surface area (Å²) in [7, 11) is 0. The van der Waals surface area contributed by atoms with Crippen molar-refractivity contribution in [3.63, 3.8) is 0 Å². The molecule has 1 fully saturated rings. The number of aliphatic hydroxyl groups excluding tert-OH is 1. The molecule has 0 saturated carbocycles. The average molecular weight is 320 g/mol. The Morgan fingerprint density at radius 3 is 2.38 bits per heavy atom. The van der Waals surface area contributed by atoms with E-state index in [1.807, 2.05) is 11.8 Å². The van der Waals surface area contributed by atoms with E-state index in [1.54, 1.807) is 12.1 Å². The van der Waals surface area contributed by atoms with Crippen molar-refractivity contribution in [1.29, 1.82) is 0 Å². The van der Waals surface area contributed by atoms with Gasteiger partial charge in [-0.05, 0) is 60.8 Å². The molecule has 2 rings (SSSR count). The van der Waals surface area contributed by atoms with E-state index < -0.39 is 12.5 Å². The molecular formula is C15H19F3O2S. The Balaban J connectivity index is 1.81. The summed E-state index contributed by atoms with van der Waals surface area (Å²) in [5.74, 6) is 2.64. The number of halogens is 3. The number of hydrogen-bond donors (Lipinski definition) is 1. The maximum Gasteiger partial charge on any atom is 0.573 e. The fraction of sp³-hybridized carbons (Fsp3) is 0.600. The van der Waals surface area contributed by atoms with E-state index in [1.165, 1.54) is 12.1 Å². The van der Waals surface area contributed by atoms with Crippen LogP contribution in [0.25, 0.3) is 0 Å². The van der Waals surface area contributed by atoms with E-state index in [0.29, 0.717) is 12.3 Å². The quantitative estimate of drug-likeness (QED) is 0.888. The molecule has 1 atom stereocenters. The summed E-state index contributed by atoms with van der Waals surface area (Å²) in [4.78, 5) is 0. The van der Waals surface area contributed by atoms with E-state index >= 15 is 0 Å². The fourth-order valence-corrected chi connectivity index (χ4v) is 3.75. The standard InChI is InChI=1S/C15H19F3O2S/c16-15(17,18)20-14-3-1-11(2-4-14)9-13(19)10-12-5-7-21-8-6-12/h1-4,12-13,19H,5-10H2. The molecular weight excluding hydrogens is 301 g/mol. The lowest BCUT2D eigenvalue weighted by molar-refractivity contribution is -0.274. The van der Waals surface area contributed by atoms with Gasteiger partial charge in [0.15, 0.2) is 0 Å². The van der Waals surface area contributed by atoms with Gasteiger partial charge in [-0.25, -0.2) is 0 Å². The number of ether oxygens (including phenoxy) is 1. The summed E-state index contributed by atoms with van der Waals surface area (Å²) in [6.45, 7) is 0. The van der Waals surface area contributed by atoms with Gasteiger partial charge >= 0.3 is 6.36 Å². The Hall–Kier alpha value is -0.880. The number of benzene rings is 1. The van der Waals surface area contributed by atoms with Crippen LogP contribution in [0.15, 0.2) is 24.3 Å². The summed E-state index contributed by atoms with van der Waals surface area (Å²) in [6.07, 6.45) is -1.59. The molecule has 0 radical (unpaired) electrons. The maximum absolute atomic E-state index is 12.0. The van der Waals surface area contributed by atoms with E-state index in [2.05, 4.69) is 4.74 Å². The Morgan fingerprint density at radius 1 is 1.19 bits per heavy atom. The van der Waals surface area contributed by atoms with Crippen molar-refractivity contribution in [2.24, 2.45) is 5.92 Å². The van der Waals surface area contributed by atoms with Crippen molar-refractivity contribution >= 4 is 11.8 Å². The highest BCUT2D eigenvalue weighted by atomic mass is 32.2. The monoisotopic (exact) mass is 320 g/mol. The van der Waals surface area contributed by atoms with Crippen LogP contribution in [0, 0.1) is 5.92 Å². The molecule has 1 heterocycles. The number of aliphatic hydroxyl groups is 1. The second-order valence-electron chi connectivity index (χ2n) is 5.34. The van der Waals surface area contributed by atoms with Gasteiger partial charge < -0.3 is 9.84 Å². The number of alkyl halides is 3. The predicted molar refractivity (Wildman–Crippen MR) is 77.5 cm³/mol. The number of thioether (sulfide) groups is 1. The minimum Gasteiger partial charge on any atom is -0.406 e. The highest BCUT2D eigenvalue weighted by Gasteiger charge is 2.31. The molecule has 0 aromatic heterocycles. The minimum absolute atomic E-state index is 0.231. The van der Waals surface area contributed by atoms with Crippen LogP contribution in [0.1, 0.15) is 24.8 Å². The summed E-state index contributed by atoms with van der Waals surface area (Å²) in [5, 5.41) is 10.1. The molecule has 1 unspecified atom stereocenters. The van der Waals surface area contributed by atoms with Crippen LogP contribution in [0.3, 0.4) is 0 Å². The minimum atomic E-state index is -4.67. The van der Waals surface area contributed by atoms with Crippen molar-refractivity contribution in [2.75, 3.05) is 11.5 Å². The van der Waals surface area contributed by atoms with Gasteiger partial charge in [0, 0.05) is 0 Å².